The number of aldehydes is 1. The van der Waals surface area contributed by atoms with Gasteiger partial charge in [0.25, 0.3) is 0 Å². The maximum absolute atomic E-state index is 11.5. The molecule has 0 radical (unpaired) electrons. The third-order valence-electron chi connectivity index (χ3n) is 5.33. The van der Waals surface area contributed by atoms with Crippen LogP contribution in [0.15, 0.2) is 30.3 Å². The third-order valence-corrected chi connectivity index (χ3v) is 5.33. The van der Waals surface area contributed by atoms with E-state index >= 15 is 0 Å². The smallest absolute Gasteiger partial charge is 0.154 e. The molecule has 2 fully saturated rings. The molecule has 1 saturated heterocycles. The average Bonchev–Trinajstić information content (AvgIpc) is 3.10. The van der Waals surface area contributed by atoms with Crippen molar-refractivity contribution >= 4 is 17.1 Å². The van der Waals surface area contributed by atoms with Gasteiger partial charge in [0.1, 0.15) is 5.75 Å². The molecule has 2 aromatic carbocycles. The monoisotopic (exact) mass is 295 g/mol. The van der Waals surface area contributed by atoms with Gasteiger partial charge < -0.3 is 9.64 Å². The number of likely N-dealkylation sites (N-methyl/N-ethyl adjacent to an activating group) is 1. The van der Waals surface area contributed by atoms with Gasteiger partial charge in [-0.25, -0.2) is 0 Å². The van der Waals surface area contributed by atoms with Gasteiger partial charge in [-0.1, -0.05) is 24.3 Å². The average molecular weight is 295 g/mol. The molecule has 1 heterocycles. The van der Waals surface area contributed by atoms with Gasteiger partial charge in [0.2, 0.25) is 0 Å². The summed E-state index contributed by atoms with van der Waals surface area (Å²) in [6.45, 7) is 4.87. The van der Waals surface area contributed by atoms with Crippen molar-refractivity contribution < 1.29 is 9.53 Å². The van der Waals surface area contributed by atoms with Gasteiger partial charge in [-0.05, 0) is 48.7 Å². The van der Waals surface area contributed by atoms with E-state index in [4.69, 9.17) is 4.74 Å². The van der Waals surface area contributed by atoms with Crippen molar-refractivity contribution in [2.45, 2.75) is 18.8 Å². The molecule has 1 aliphatic heterocycles. The molecule has 2 aliphatic rings. The van der Waals surface area contributed by atoms with Crippen molar-refractivity contribution in [2.24, 2.45) is 5.92 Å². The van der Waals surface area contributed by atoms with Gasteiger partial charge in [-0.3, -0.25) is 4.79 Å². The lowest BCUT2D eigenvalue weighted by Gasteiger charge is -2.17. The molecule has 4 rings (SSSR count). The minimum atomic E-state index is 0.364. The largest absolute Gasteiger partial charge is 0.493 e. The minimum Gasteiger partial charge on any atom is -0.493 e. The van der Waals surface area contributed by atoms with Crippen molar-refractivity contribution in [3.05, 3.63) is 41.5 Å². The van der Waals surface area contributed by atoms with Crippen molar-refractivity contribution in [2.75, 3.05) is 26.7 Å². The zero-order valence-corrected chi connectivity index (χ0v) is 13.1. The Labute approximate surface area is 130 Å². The minimum absolute atomic E-state index is 0.364. The lowest BCUT2D eigenvalue weighted by molar-refractivity contribution is 0.112. The highest BCUT2D eigenvalue weighted by Crippen LogP contribution is 2.58. The van der Waals surface area contributed by atoms with Gasteiger partial charge in [-0.2, -0.15) is 0 Å². The Morgan fingerprint density at radius 1 is 1.36 bits per heavy atom. The molecule has 114 valence electrons. The van der Waals surface area contributed by atoms with E-state index in [2.05, 4.69) is 36.2 Å². The van der Waals surface area contributed by atoms with E-state index in [0.717, 1.165) is 29.5 Å². The van der Waals surface area contributed by atoms with E-state index < -0.39 is 0 Å². The van der Waals surface area contributed by atoms with E-state index in [0.29, 0.717) is 23.3 Å². The Morgan fingerprint density at radius 3 is 2.91 bits per heavy atom. The molecule has 2 atom stereocenters. The molecule has 1 aliphatic carbocycles. The van der Waals surface area contributed by atoms with E-state index in [-0.39, 0.29) is 0 Å². The first kappa shape index (κ1) is 13.8. The standard InChI is InChI=1S/C19H21NO2/c1-3-22-18-7-4-13-8-14(5-6-16(13)17(18)11-21)19-9-15(19)10-20(2)12-19/h4-8,11,15H,3,9-10,12H2,1-2H3. The number of carbonyl (C=O) groups is 1. The lowest BCUT2D eigenvalue weighted by Crippen LogP contribution is -2.22. The van der Waals surface area contributed by atoms with Gasteiger partial charge in [0.05, 0.1) is 12.2 Å². The summed E-state index contributed by atoms with van der Waals surface area (Å²) in [5.41, 5.74) is 2.46. The number of hydrogen-bond donors (Lipinski definition) is 0. The highest BCUT2D eigenvalue weighted by molar-refractivity contribution is 6.01. The topological polar surface area (TPSA) is 29.5 Å². The fraction of sp³-hybridized carbons (Fsp3) is 0.421. The summed E-state index contributed by atoms with van der Waals surface area (Å²) in [6.07, 6.45) is 2.22. The predicted molar refractivity (Wildman–Crippen MR) is 87.8 cm³/mol. The Balaban J connectivity index is 1.80. The van der Waals surface area contributed by atoms with Gasteiger partial charge in [0.15, 0.2) is 6.29 Å². The van der Waals surface area contributed by atoms with E-state index in [1.165, 1.54) is 18.5 Å². The number of likely N-dealkylation sites (tertiary alicyclic amines) is 1. The molecule has 0 N–H and O–H groups in total. The molecule has 1 saturated carbocycles. The first-order valence-electron chi connectivity index (χ1n) is 8.01. The second-order valence-corrected chi connectivity index (χ2v) is 6.72. The molecular formula is C19H21NO2. The number of ether oxygens (including phenoxy) is 1. The van der Waals surface area contributed by atoms with Crippen molar-refractivity contribution in [1.29, 1.82) is 0 Å². The zero-order chi connectivity index (χ0) is 15.3. The zero-order valence-electron chi connectivity index (χ0n) is 13.1. The van der Waals surface area contributed by atoms with Crippen LogP contribution >= 0.6 is 0 Å². The number of carbonyl (C=O) groups excluding carboxylic acids is 1. The summed E-state index contributed by atoms with van der Waals surface area (Å²) in [6, 6.07) is 10.6. The van der Waals surface area contributed by atoms with Gasteiger partial charge in [-0.15, -0.1) is 0 Å². The number of hydrogen-bond acceptors (Lipinski definition) is 3. The van der Waals surface area contributed by atoms with Crippen LogP contribution in [0, 0.1) is 5.92 Å². The molecular weight excluding hydrogens is 274 g/mol. The second-order valence-electron chi connectivity index (χ2n) is 6.72. The van der Waals surface area contributed by atoms with Crippen LogP contribution in [0.25, 0.3) is 10.8 Å². The second kappa shape index (κ2) is 4.82. The SMILES string of the molecule is CCOc1ccc2cc(C34CC3CN(C)C4)ccc2c1C=O. The molecule has 0 aromatic heterocycles. The molecule has 3 nitrogen and oxygen atoms in total. The summed E-state index contributed by atoms with van der Waals surface area (Å²) >= 11 is 0. The fourth-order valence-corrected chi connectivity index (χ4v) is 4.23. The summed E-state index contributed by atoms with van der Waals surface area (Å²) in [5, 5.41) is 2.13. The number of piperidine rings is 1. The summed E-state index contributed by atoms with van der Waals surface area (Å²) in [7, 11) is 2.20. The van der Waals surface area contributed by atoms with Crippen LogP contribution in [0.1, 0.15) is 29.3 Å². The number of rotatable bonds is 4. The molecule has 2 unspecified atom stereocenters. The highest BCUT2D eigenvalue weighted by atomic mass is 16.5. The molecule has 0 amide bonds. The van der Waals surface area contributed by atoms with Crippen LogP contribution in [0.2, 0.25) is 0 Å². The molecule has 0 spiro atoms. The van der Waals surface area contributed by atoms with E-state index in [9.17, 15) is 4.79 Å². The summed E-state index contributed by atoms with van der Waals surface area (Å²) in [4.78, 5) is 13.9. The van der Waals surface area contributed by atoms with Crippen LogP contribution in [-0.2, 0) is 5.41 Å². The molecule has 22 heavy (non-hydrogen) atoms. The normalized spacial score (nSPS) is 26.9. The van der Waals surface area contributed by atoms with Crippen LogP contribution < -0.4 is 4.74 Å². The molecule has 0 bridgehead atoms. The Hall–Kier alpha value is -1.87. The first-order chi connectivity index (χ1) is 10.7. The van der Waals surface area contributed by atoms with Crippen molar-refractivity contribution in [1.82, 2.24) is 4.90 Å². The summed E-state index contributed by atoms with van der Waals surface area (Å²) < 4.78 is 5.57. The maximum Gasteiger partial charge on any atom is 0.154 e. The van der Waals surface area contributed by atoms with Crippen molar-refractivity contribution in [3.8, 4) is 5.75 Å². The van der Waals surface area contributed by atoms with Crippen LogP contribution in [-0.4, -0.2) is 37.9 Å². The van der Waals surface area contributed by atoms with Crippen LogP contribution in [0.5, 0.6) is 5.75 Å². The fourth-order valence-electron chi connectivity index (χ4n) is 4.23. The van der Waals surface area contributed by atoms with E-state index in [1.54, 1.807) is 0 Å². The third kappa shape index (κ3) is 1.88. The first-order valence-corrected chi connectivity index (χ1v) is 8.01. The Morgan fingerprint density at radius 2 is 2.23 bits per heavy atom. The van der Waals surface area contributed by atoms with Crippen molar-refractivity contribution in [3.63, 3.8) is 0 Å². The number of fused-ring (bicyclic) bond motifs is 2. The Bertz CT molecular complexity index is 754. The number of nitrogens with zero attached hydrogens (tertiary/aromatic N) is 1. The van der Waals surface area contributed by atoms with E-state index in [1.807, 2.05) is 13.0 Å². The number of benzene rings is 2. The quantitative estimate of drug-likeness (QED) is 0.811. The van der Waals surface area contributed by atoms with Gasteiger partial charge >= 0.3 is 0 Å². The Kier molecular flexibility index (Phi) is 3.01. The highest BCUT2D eigenvalue weighted by Gasteiger charge is 2.59. The molecule has 3 heteroatoms. The van der Waals surface area contributed by atoms with Gasteiger partial charge in [0, 0.05) is 18.5 Å². The lowest BCUT2D eigenvalue weighted by atomic mass is 9.91. The predicted octanol–water partition coefficient (Wildman–Crippen LogP) is 3.25. The maximum atomic E-state index is 11.5. The molecule has 2 aromatic rings. The summed E-state index contributed by atoms with van der Waals surface area (Å²) in [5.74, 6) is 1.49. The van der Waals surface area contributed by atoms with Crippen LogP contribution in [0.3, 0.4) is 0 Å². The van der Waals surface area contributed by atoms with Crippen LogP contribution in [0.4, 0.5) is 0 Å².